The lowest BCUT2D eigenvalue weighted by atomic mass is 9.96. The summed E-state index contributed by atoms with van der Waals surface area (Å²) in [6.45, 7) is 3.93. The molecule has 1 atom stereocenters. The third kappa shape index (κ3) is 5.55. The third-order valence-corrected chi connectivity index (χ3v) is 7.62. The molecule has 1 aliphatic rings. The van der Waals surface area contributed by atoms with E-state index in [1.54, 1.807) is 49.8 Å². The highest BCUT2D eigenvalue weighted by molar-refractivity contribution is 7.07. The van der Waals surface area contributed by atoms with Gasteiger partial charge in [-0.25, -0.2) is 9.79 Å². The van der Waals surface area contributed by atoms with E-state index in [0.717, 1.165) is 16.7 Å². The predicted molar refractivity (Wildman–Crippen MR) is 155 cm³/mol. The second kappa shape index (κ2) is 12.1. The Labute approximate surface area is 240 Å². The van der Waals surface area contributed by atoms with Gasteiger partial charge in [0.1, 0.15) is 6.61 Å². The Balaban J connectivity index is 1.53. The Morgan fingerprint density at radius 3 is 2.59 bits per heavy atom. The van der Waals surface area contributed by atoms with Crippen LogP contribution in [0.25, 0.3) is 6.08 Å². The van der Waals surface area contributed by atoms with Crippen molar-refractivity contribution in [2.24, 2.45) is 4.99 Å². The van der Waals surface area contributed by atoms with E-state index in [-0.39, 0.29) is 18.8 Å². The van der Waals surface area contributed by atoms with Crippen molar-refractivity contribution in [3.05, 3.63) is 126 Å². The average molecular weight is 566 g/mol. The molecular formula is C32H27N3O5S. The van der Waals surface area contributed by atoms with E-state index in [4.69, 9.17) is 14.2 Å². The van der Waals surface area contributed by atoms with Crippen molar-refractivity contribution < 1.29 is 19.0 Å². The second-order valence-corrected chi connectivity index (χ2v) is 10.2. The SMILES string of the molecule is CCOC(=O)C1=C(C)N=c2s/c(=C/c3ccc(OCc4ccccc4C#N)c(OC)c3)c(=O)n2C1c1ccccc1. The maximum Gasteiger partial charge on any atom is 0.338 e. The Morgan fingerprint density at radius 1 is 1.10 bits per heavy atom. The Hall–Kier alpha value is -4.94. The fourth-order valence-corrected chi connectivity index (χ4v) is 5.74. The number of nitrogens with zero attached hydrogens (tertiary/aromatic N) is 3. The Kier molecular flexibility index (Phi) is 8.13. The monoisotopic (exact) mass is 565 g/mol. The Morgan fingerprint density at radius 2 is 1.85 bits per heavy atom. The van der Waals surface area contributed by atoms with Crippen LogP contribution in [0.15, 0.2) is 93.9 Å². The van der Waals surface area contributed by atoms with Crippen LogP contribution in [0.4, 0.5) is 0 Å². The molecule has 1 aliphatic heterocycles. The van der Waals surface area contributed by atoms with Gasteiger partial charge >= 0.3 is 5.97 Å². The molecule has 5 rings (SSSR count). The van der Waals surface area contributed by atoms with Gasteiger partial charge in [-0.15, -0.1) is 0 Å². The molecule has 0 spiro atoms. The summed E-state index contributed by atoms with van der Waals surface area (Å²) in [4.78, 5) is 31.9. The van der Waals surface area contributed by atoms with Crippen LogP contribution in [0, 0.1) is 11.3 Å². The first-order valence-corrected chi connectivity index (χ1v) is 13.8. The lowest BCUT2D eigenvalue weighted by Gasteiger charge is -2.24. The summed E-state index contributed by atoms with van der Waals surface area (Å²) in [5.74, 6) is 0.510. The first kappa shape index (κ1) is 27.6. The van der Waals surface area contributed by atoms with Gasteiger partial charge in [-0.1, -0.05) is 65.9 Å². The number of allylic oxidation sites excluding steroid dienone is 1. The lowest BCUT2D eigenvalue weighted by molar-refractivity contribution is -0.139. The van der Waals surface area contributed by atoms with Crippen LogP contribution in [0.2, 0.25) is 0 Å². The maximum atomic E-state index is 13.8. The van der Waals surface area contributed by atoms with Crippen LogP contribution in [0.3, 0.4) is 0 Å². The summed E-state index contributed by atoms with van der Waals surface area (Å²) in [7, 11) is 1.54. The van der Waals surface area contributed by atoms with Gasteiger partial charge in [0.15, 0.2) is 16.3 Å². The molecule has 206 valence electrons. The van der Waals surface area contributed by atoms with Gasteiger partial charge in [0.25, 0.3) is 5.56 Å². The number of hydrogen-bond acceptors (Lipinski definition) is 8. The van der Waals surface area contributed by atoms with E-state index >= 15 is 0 Å². The Bertz CT molecular complexity index is 1870. The zero-order valence-corrected chi connectivity index (χ0v) is 23.6. The minimum absolute atomic E-state index is 0.208. The molecule has 41 heavy (non-hydrogen) atoms. The number of hydrogen-bond donors (Lipinski definition) is 0. The third-order valence-electron chi connectivity index (χ3n) is 6.64. The molecule has 0 bridgehead atoms. The van der Waals surface area contributed by atoms with Gasteiger partial charge in [0.2, 0.25) is 0 Å². The van der Waals surface area contributed by atoms with Gasteiger partial charge in [0, 0.05) is 5.56 Å². The van der Waals surface area contributed by atoms with E-state index in [1.165, 1.54) is 11.3 Å². The van der Waals surface area contributed by atoms with E-state index in [9.17, 15) is 14.9 Å². The van der Waals surface area contributed by atoms with Gasteiger partial charge in [0.05, 0.1) is 47.2 Å². The molecule has 0 saturated heterocycles. The van der Waals surface area contributed by atoms with E-state index in [1.807, 2.05) is 54.6 Å². The summed E-state index contributed by atoms with van der Waals surface area (Å²) in [5.41, 5.74) is 3.45. The number of fused-ring (bicyclic) bond motifs is 1. The number of carbonyl (C=O) groups excluding carboxylic acids is 1. The van der Waals surface area contributed by atoms with E-state index in [0.29, 0.717) is 37.7 Å². The number of thiazole rings is 1. The quantitative estimate of drug-likeness (QED) is 0.296. The fraction of sp³-hybridized carbons (Fsp3) is 0.188. The number of rotatable bonds is 8. The summed E-state index contributed by atoms with van der Waals surface area (Å²) < 4.78 is 18.9. The average Bonchev–Trinajstić information content (AvgIpc) is 3.29. The molecule has 1 unspecified atom stereocenters. The largest absolute Gasteiger partial charge is 0.493 e. The smallest absolute Gasteiger partial charge is 0.338 e. The molecule has 2 heterocycles. The van der Waals surface area contributed by atoms with Crippen LogP contribution in [0.5, 0.6) is 11.5 Å². The summed E-state index contributed by atoms with van der Waals surface area (Å²) in [6, 6.07) is 23.6. The molecule has 0 saturated carbocycles. The minimum atomic E-state index is -0.657. The zero-order valence-electron chi connectivity index (χ0n) is 22.8. The van der Waals surface area contributed by atoms with Crippen molar-refractivity contribution >= 4 is 23.4 Å². The number of esters is 1. The van der Waals surface area contributed by atoms with Crippen LogP contribution >= 0.6 is 11.3 Å². The first-order valence-electron chi connectivity index (χ1n) is 13.0. The second-order valence-electron chi connectivity index (χ2n) is 9.18. The molecular weight excluding hydrogens is 538 g/mol. The van der Waals surface area contributed by atoms with Crippen molar-refractivity contribution in [1.82, 2.24) is 4.57 Å². The van der Waals surface area contributed by atoms with Crippen LogP contribution in [-0.4, -0.2) is 24.3 Å². The van der Waals surface area contributed by atoms with Crippen molar-refractivity contribution in [2.75, 3.05) is 13.7 Å². The molecule has 0 fully saturated rings. The molecule has 9 heteroatoms. The highest BCUT2D eigenvalue weighted by Gasteiger charge is 2.33. The lowest BCUT2D eigenvalue weighted by Crippen LogP contribution is -2.39. The zero-order chi connectivity index (χ0) is 28.9. The topological polar surface area (TPSA) is 103 Å². The van der Waals surface area contributed by atoms with Crippen molar-refractivity contribution in [3.63, 3.8) is 0 Å². The molecule has 0 aliphatic carbocycles. The molecule has 4 aromatic rings. The number of carbonyl (C=O) groups is 1. The van der Waals surface area contributed by atoms with Gasteiger partial charge < -0.3 is 14.2 Å². The van der Waals surface area contributed by atoms with Crippen LogP contribution < -0.4 is 24.4 Å². The first-order chi connectivity index (χ1) is 19.9. The van der Waals surface area contributed by atoms with Gasteiger partial charge in [-0.3, -0.25) is 9.36 Å². The standard InChI is InChI=1S/C32H27N3O5S/c1-4-39-31(37)28-20(2)34-32-35(29(28)22-10-6-5-7-11-22)30(36)27(41-32)17-21-14-15-25(26(16-21)38-3)40-19-24-13-9-8-12-23(24)18-33/h5-17,29H,4,19H2,1-3H3/b27-17+. The molecule has 1 aromatic heterocycles. The summed E-state index contributed by atoms with van der Waals surface area (Å²) in [5, 5.41) is 9.34. The van der Waals surface area contributed by atoms with Crippen molar-refractivity contribution in [1.29, 1.82) is 5.26 Å². The van der Waals surface area contributed by atoms with Crippen molar-refractivity contribution in [2.45, 2.75) is 26.5 Å². The van der Waals surface area contributed by atoms with Crippen LogP contribution in [-0.2, 0) is 16.1 Å². The molecule has 0 radical (unpaired) electrons. The van der Waals surface area contributed by atoms with E-state index in [2.05, 4.69) is 11.1 Å². The molecule has 0 N–H and O–H groups in total. The highest BCUT2D eigenvalue weighted by atomic mass is 32.1. The fourth-order valence-electron chi connectivity index (χ4n) is 4.70. The number of benzene rings is 3. The number of methoxy groups -OCH3 is 1. The van der Waals surface area contributed by atoms with Gasteiger partial charge in [-0.05, 0) is 49.2 Å². The van der Waals surface area contributed by atoms with Crippen molar-refractivity contribution in [3.8, 4) is 17.6 Å². The van der Waals surface area contributed by atoms with E-state index < -0.39 is 12.0 Å². The maximum absolute atomic E-state index is 13.8. The number of ether oxygens (including phenoxy) is 3. The molecule has 8 nitrogen and oxygen atoms in total. The summed E-state index contributed by atoms with van der Waals surface area (Å²) in [6.07, 6.45) is 1.77. The normalized spacial score (nSPS) is 14.6. The highest BCUT2D eigenvalue weighted by Crippen LogP contribution is 2.31. The number of nitriles is 1. The minimum Gasteiger partial charge on any atom is -0.493 e. The predicted octanol–water partition coefficient (Wildman–Crippen LogP) is 4.26. The number of aromatic nitrogens is 1. The van der Waals surface area contributed by atoms with Gasteiger partial charge in [-0.2, -0.15) is 5.26 Å². The molecule has 3 aromatic carbocycles. The summed E-state index contributed by atoms with van der Waals surface area (Å²) >= 11 is 1.25. The van der Waals surface area contributed by atoms with Crippen LogP contribution in [0.1, 0.15) is 42.1 Å². The molecule has 0 amide bonds.